The van der Waals surface area contributed by atoms with Gasteiger partial charge in [0.15, 0.2) is 5.78 Å². The molecule has 1 heterocycles. The molecule has 0 radical (unpaired) electrons. The summed E-state index contributed by atoms with van der Waals surface area (Å²) < 4.78 is 27.4. The molecule has 20 heavy (non-hydrogen) atoms. The van der Waals surface area contributed by atoms with Crippen LogP contribution >= 0.6 is 0 Å². The number of carbonyl (C=O) groups excluding carboxylic acids is 1. The van der Waals surface area contributed by atoms with Gasteiger partial charge in [-0.25, -0.2) is 13.1 Å². The van der Waals surface area contributed by atoms with Crippen LogP contribution in [0.3, 0.4) is 0 Å². The summed E-state index contributed by atoms with van der Waals surface area (Å²) in [6, 6.07) is 1.89. The van der Waals surface area contributed by atoms with Crippen LogP contribution in [0.2, 0.25) is 0 Å². The van der Waals surface area contributed by atoms with Gasteiger partial charge in [-0.05, 0) is 31.9 Å². The van der Waals surface area contributed by atoms with Crippen molar-refractivity contribution in [1.29, 1.82) is 0 Å². The minimum absolute atomic E-state index is 0.0279. The van der Waals surface area contributed by atoms with E-state index in [0.29, 0.717) is 13.0 Å². The fourth-order valence-corrected chi connectivity index (χ4v) is 3.46. The molecule has 1 aromatic heterocycles. The van der Waals surface area contributed by atoms with Crippen LogP contribution in [0.25, 0.3) is 0 Å². The lowest BCUT2D eigenvalue weighted by molar-refractivity contribution is 0.0910. The third-order valence-electron chi connectivity index (χ3n) is 3.90. The van der Waals surface area contributed by atoms with Crippen molar-refractivity contribution in [1.82, 2.24) is 9.29 Å². The van der Waals surface area contributed by atoms with Gasteiger partial charge in [0, 0.05) is 29.9 Å². The molecule has 1 aliphatic carbocycles. The van der Waals surface area contributed by atoms with Crippen LogP contribution in [0.15, 0.2) is 6.07 Å². The Bertz CT molecular complexity index is 642. The Kier molecular flexibility index (Phi) is 3.81. The molecule has 112 valence electrons. The standard InChI is InChI=1S/C14H22N2O3S/c1-10-7-11-12(8-14(2,3)9-13(11)17)16(10)5-6-20(18,19)15-4/h7,15H,5-6,8-9H2,1-4H3. The topological polar surface area (TPSA) is 68.2 Å². The highest BCUT2D eigenvalue weighted by atomic mass is 32.2. The number of sulfonamides is 1. The fourth-order valence-electron chi connectivity index (χ4n) is 2.83. The maximum absolute atomic E-state index is 12.2. The summed E-state index contributed by atoms with van der Waals surface area (Å²) in [5, 5.41) is 0. The number of ketones is 1. The number of fused-ring (bicyclic) bond motifs is 1. The molecule has 6 heteroatoms. The average molecular weight is 298 g/mol. The van der Waals surface area contributed by atoms with Crippen molar-refractivity contribution in [3.63, 3.8) is 0 Å². The Hall–Kier alpha value is -1.14. The smallest absolute Gasteiger partial charge is 0.213 e. The summed E-state index contributed by atoms with van der Waals surface area (Å²) in [7, 11) is -1.82. The van der Waals surface area contributed by atoms with Crippen molar-refractivity contribution < 1.29 is 13.2 Å². The van der Waals surface area contributed by atoms with E-state index in [1.54, 1.807) is 0 Å². The molecule has 0 aromatic carbocycles. The van der Waals surface area contributed by atoms with Gasteiger partial charge in [-0.1, -0.05) is 13.8 Å². The predicted molar refractivity (Wildman–Crippen MR) is 78.4 cm³/mol. The Morgan fingerprint density at radius 2 is 2.00 bits per heavy atom. The van der Waals surface area contributed by atoms with Crippen LogP contribution in [-0.4, -0.2) is 31.6 Å². The first kappa shape index (κ1) is 15.3. The zero-order valence-electron chi connectivity index (χ0n) is 12.5. The molecule has 2 rings (SSSR count). The highest BCUT2D eigenvalue weighted by molar-refractivity contribution is 7.89. The average Bonchev–Trinajstić information content (AvgIpc) is 2.62. The van der Waals surface area contributed by atoms with Crippen LogP contribution in [0.4, 0.5) is 0 Å². The number of aryl methyl sites for hydroxylation is 1. The number of hydrogen-bond donors (Lipinski definition) is 1. The molecule has 0 saturated carbocycles. The molecular formula is C14H22N2O3S. The van der Waals surface area contributed by atoms with Crippen molar-refractivity contribution in [2.24, 2.45) is 5.41 Å². The van der Waals surface area contributed by atoms with E-state index in [1.807, 2.05) is 17.6 Å². The molecule has 0 atom stereocenters. The predicted octanol–water partition coefficient (Wildman–Crippen LogP) is 1.50. The number of rotatable bonds is 4. The minimum Gasteiger partial charge on any atom is -0.347 e. The van der Waals surface area contributed by atoms with E-state index in [1.165, 1.54) is 7.05 Å². The summed E-state index contributed by atoms with van der Waals surface area (Å²) in [5.41, 5.74) is 2.64. The molecule has 0 bridgehead atoms. The van der Waals surface area contributed by atoms with E-state index in [9.17, 15) is 13.2 Å². The second kappa shape index (κ2) is 5.00. The van der Waals surface area contributed by atoms with Crippen LogP contribution < -0.4 is 4.72 Å². The Balaban J connectivity index is 2.34. The largest absolute Gasteiger partial charge is 0.347 e. The van der Waals surface area contributed by atoms with E-state index in [2.05, 4.69) is 18.6 Å². The first-order chi connectivity index (χ1) is 9.15. The van der Waals surface area contributed by atoms with Gasteiger partial charge in [-0.3, -0.25) is 4.79 Å². The monoisotopic (exact) mass is 298 g/mol. The van der Waals surface area contributed by atoms with Gasteiger partial charge in [-0.2, -0.15) is 0 Å². The zero-order valence-corrected chi connectivity index (χ0v) is 13.3. The van der Waals surface area contributed by atoms with Crippen molar-refractivity contribution in [2.45, 2.75) is 40.2 Å². The number of carbonyl (C=O) groups is 1. The Morgan fingerprint density at radius 1 is 1.35 bits per heavy atom. The van der Waals surface area contributed by atoms with Gasteiger partial charge in [0.25, 0.3) is 0 Å². The van der Waals surface area contributed by atoms with Gasteiger partial charge >= 0.3 is 0 Å². The number of Topliss-reactive ketones (excluding diaryl/α,β-unsaturated/α-hetero) is 1. The highest BCUT2D eigenvalue weighted by Crippen LogP contribution is 2.36. The summed E-state index contributed by atoms with van der Waals surface area (Å²) in [5.74, 6) is 0.189. The molecule has 0 saturated heterocycles. The lowest BCUT2D eigenvalue weighted by Crippen LogP contribution is -2.30. The maximum atomic E-state index is 12.2. The van der Waals surface area contributed by atoms with Gasteiger partial charge in [0.2, 0.25) is 10.0 Å². The second-order valence-electron chi connectivity index (χ2n) is 6.26. The molecule has 0 aliphatic heterocycles. The van der Waals surface area contributed by atoms with Crippen LogP contribution in [0.5, 0.6) is 0 Å². The van der Waals surface area contributed by atoms with Gasteiger partial charge in [0.1, 0.15) is 0 Å². The molecule has 0 fully saturated rings. The molecule has 5 nitrogen and oxygen atoms in total. The fraction of sp³-hybridized carbons (Fsp3) is 0.643. The second-order valence-corrected chi connectivity index (χ2v) is 8.31. The molecule has 1 aromatic rings. The number of hydrogen-bond acceptors (Lipinski definition) is 3. The first-order valence-electron chi connectivity index (χ1n) is 6.79. The number of nitrogens with zero attached hydrogens (tertiary/aromatic N) is 1. The van der Waals surface area contributed by atoms with Crippen LogP contribution in [-0.2, 0) is 23.0 Å². The summed E-state index contributed by atoms with van der Waals surface area (Å²) in [6.45, 7) is 6.45. The van der Waals surface area contributed by atoms with Crippen molar-refractivity contribution >= 4 is 15.8 Å². The lowest BCUT2D eigenvalue weighted by atomic mass is 9.76. The molecule has 1 N–H and O–H groups in total. The quantitative estimate of drug-likeness (QED) is 0.916. The van der Waals surface area contributed by atoms with E-state index < -0.39 is 10.0 Å². The van der Waals surface area contributed by atoms with Crippen molar-refractivity contribution in [3.05, 3.63) is 23.0 Å². The summed E-state index contributed by atoms with van der Waals surface area (Å²) >= 11 is 0. The normalized spacial score (nSPS) is 18.1. The summed E-state index contributed by atoms with van der Waals surface area (Å²) in [6.07, 6.45) is 1.36. The Morgan fingerprint density at radius 3 is 2.60 bits per heavy atom. The van der Waals surface area contributed by atoms with Gasteiger partial charge < -0.3 is 4.57 Å². The zero-order chi connectivity index (χ0) is 15.1. The minimum atomic E-state index is -3.24. The van der Waals surface area contributed by atoms with Gasteiger partial charge in [0.05, 0.1) is 5.75 Å². The Labute approximate surface area is 120 Å². The lowest BCUT2D eigenvalue weighted by Gasteiger charge is -2.29. The first-order valence-corrected chi connectivity index (χ1v) is 8.44. The van der Waals surface area contributed by atoms with E-state index in [0.717, 1.165) is 23.4 Å². The van der Waals surface area contributed by atoms with Crippen LogP contribution in [0, 0.1) is 12.3 Å². The molecule has 1 aliphatic rings. The van der Waals surface area contributed by atoms with Crippen molar-refractivity contribution in [3.8, 4) is 0 Å². The summed E-state index contributed by atoms with van der Waals surface area (Å²) in [4.78, 5) is 12.2. The van der Waals surface area contributed by atoms with Crippen LogP contribution in [0.1, 0.15) is 42.0 Å². The third-order valence-corrected chi connectivity index (χ3v) is 5.24. The SMILES string of the molecule is CNS(=O)(=O)CCn1c(C)cc2c1CC(C)(C)CC2=O. The van der Waals surface area contributed by atoms with E-state index in [-0.39, 0.29) is 17.0 Å². The van der Waals surface area contributed by atoms with E-state index >= 15 is 0 Å². The van der Waals surface area contributed by atoms with Gasteiger partial charge in [-0.15, -0.1) is 0 Å². The molecular weight excluding hydrogens is 276 g/mol. The number of nitrogens with one attached hydrogen (secondary N) is 1. The molecule has 0 spiro atoms. The molecule has 0 unspecified atom stereocenters. The maximum Gasteiger partial charge on any atom is 0.213 e. The van der Waals surface area contributed by atoms with Crippen molar-refractivity contribution in [2.75, 3.05) is 12.8 Å². The molecule has 0 amide bonds. The third kappa shape index (κ3) is 2.96. The number of aromatic nitrogens is 1. The van der Waals surface area contributed by atoms with E-state index in [4.69, 9.17) is 0 Å². The highest BCUT2D eigenvalue weighted by Gasteiger charge is 2.33.